The van der Waals surface area contributed by atoms with Gasteiger partial charge in [0.2, 0.25) is 0 Å². The molecule has 0 aromatic heterocycles. The van der Waals surface area contributed by atoms with E-state index in [1.807, 2.05) is 23.1 Å². The molecule has 1 saturated heterocycles. The molecule has 5 nitrogen and oxygen atoms in total. The van der Waals surface area contributed by atoms with Gasteiger partial charge in [-0.1, -0.05) is 59.2 Å². The lowest BCUT2D eigenvalue weighted by molar-refractivity contribution is -0.421. The Kier molecular flexibility index (Phi) is 8.34. The SMILES string of the molecule is C=CCSC(=C(C(Cl)=C(Cl)Br)[N+](=O)[O-])N1CCN(c2ccccc2)CC1. The van der Waals surface area contributed by atoms with Gasteiger partial charge in [-0.2, -0.15) is 0 Å². The van der Waals surface area contributed by atoms with Crippen LogP contribution in [0, 0.1) is 10.1 Å². The van der Waals surface area contributed by atoms with Crippen LogP contribution in [0.5, 0.6) is 0 Å². The predicted octanol–water partition coefficient (Wildman–Crippen LogP) is 5.22. The lowest BCUT2D eigenvalue weighted by Crippen LogP contribution is -2.46. The molecule has 26 heavy (non-hydrogen) atoms. The van der Waals surface area contributed by atoms with Crippen LogP contribution < -0.4 is 4.90 Å². The Bertz CT molecular complexity index is 716. The molecule has 1 heterocycles. The number of nitrogens with zero attached hydrogens (tertiary/aromatic N) is 3. The lowest BCUT2D eigenvalue weighted by atomic mass is 10.2. The summed E-state index contributed by atoms with van der Waals surface area (Å²) in [6.45, 7) is 6.51. The molecular weight excluding hydrogens is 461 g/mol. The van der Waals surface area contributed by atoms with Gasteiger partial charge in [0.1, 0.15) is 8.97 Å². The molecule has 2 rings (SSSR count). The number of nitro groups is 1. The predicted molar refractivity (Wildman–Crippen MR) is 115 cm³/mol. The maximum Gasteiger partial charge on any atom is 0.319 e. The van der Waals surface area contributed by atoms with Crippen molar-refractivity contribution in [2.24, 2.45) is 0 Å². The summed E-state index contributed by atoms with van der Waals surface area (Å²) in [5.41, 5.74) is 0.959. The molecule has 0 unspecified atom stereocenters. The molecule has 1 aliphatic rings. The number of benzene rings is 1. The minimum absolute atomic E-state index is 0.0190. The summed E-state index contributed by atoms with van der Waals surface area (Å²) >= 11 is 16.3. The van der Waals surface area contributed by atoms with Gasteiger partial charge in [0.05, 0.1) is 4.92 Å². The molecule has 0 atom stereocenters. The van der Waals surface area contributed by atoms with Crippen LogP contribution in [0.3, 0.4) is 0 Å². The van der Waals surface area contributed by atoms with Crippen LogP contribution in [0.15, 0.2) is 62.7 Å². The highest BCUT2D eigenvalue weighted by molar-refractivity contribution is 9.12. The summed E-state index contributed by atoms with van der Waals surface area (Å²) in [4.78, 5) is 15.4. The normalized spacial score (nSPS) is 16.7. The summed E-state index contributed by atoms with van der Waals surface area (Å²) in [5, 5.41) is 12.1. The first-order valence-electron chi connectivity index (χ1n) is 7.84. The molecule has 1 fully saturated rings. The van der Waals surface area contributed by atoms with Crippen molar-refractivity contribution in [1.82, 2.24) is 4.90 Å². The average molecular weight is 479 g/mol. The number of allylic oxidation sites excluding steroid dienone is 1. The second kappa shape index (κ2) is 10.3. The van der Waals surface area contributed by atoms with Gasteiger partial charge in [-0.25, -0.2) is 0 Å². The molecule has 0 radical (unpaired) electrons. The molecule has 0 spiro atoms. The van der Waals surface area contributed by atoms with Crippen molar-refractivity contribution < 1.29 is 4.92 Å². The quantitative estimate of drug-likeness (QED) is 0.233. The van der Waals surface area contributed by atoms with E-state index >= 15 is 0 Å². The van der Waals surface area contributed by atoms with Crippen LogP contribution in [-0.2, 0) is 0 Å². The fraction of sp³-hybridized carbons (Fsp3) is 0.294. The van der Waals surface area contributed by atoms with Gasteiger partial charge < -0.3 is 9.80 Å². The number of hydrogen-bond acceptors (Lipinski definition) is 5. The van der Waals surface area contributed by atoms with Crippen molar-refractivity contribution in [1.29, 1.82) is 0 Å². The second-order valence-electron chi connectivity index (χ2n) is 5.39. The van der Waals surface area contributed by atoms with Gasteiger partial charge in [0, 0.05) is 37.6 Å². The Hall–Kier alpha value is -1.15. The van der Waals surface area contributed by atoms with E-state index in [9.17, 15) is 10.1 Å². The number of hydrogen-bond donors (Lipinski definition) is 0. The van der Waals surface area contributed by atoms with Gasteiger partial charge in [-0.3, -0.25) is 10.1 Å². The van der Waals surface area contributed by atoms with Gasteiger partial charge in [-0.05, 0) is 28.1 Å². The topological polar surface area (TPSA) is 49.6 Å². The van der Waals surface area contributed by atoms with E-state index in [0.29, 0.717) is 23.9 Å². The van der Waals surface area contributed by atoms with E-state index in [-0.39, 0.29) is 14.7 Å². The smallest absolute Gasteiger partial charge is 0.319 e. The van der Waals surface area contributed by atoms with Gasteiger partial charge >= 0.3 is 5.70 Å². The monoisotopic (exact) mass is 477 g/mol. The third-order valence-electron chi connectivity index (χ3n) is 3.79. The first kappa shape index (κ1) is 21.2. The van der Waals surface area contributed by atoms with Gasteiger partial charge in [-0.15, -0.1) is 6.58 Å². The molecular formula is C17H18BrCl2N3O2S. The van der Waals surface area contributed by atoms with Crippen LogP contribution in [0.2, 0.25) is 0 Å². The first-order chi connectivity index (χ1) is 12.5. The number of para-hydroxylation sites is 1. The van der Waals surface area contributed by atoms with E-state index in [0.717, 1.165) is 18.8 Å². The first-order valence-corrected chi connectivity index (χ1v) is 10.4. The minimum atomic E-state index is -0.485. The zero-order chi connectivity index (χ0) is 19.1. The molecule has 0 aliphatic carbocycles. The van der Waals surface area contributed by atoms with Crippen molar-refractivity contribution in [3.63, 3.8) is 0 Å². The highest BCUT2D eigenvalue weighted by Gasteiger charge is 2.30. The Morgan fingerprint density at radius 3 is 2.38 bits per heavy atom. The largest absolute Gasteiger partial charge is 0.368 e. The molecule has 1 aliphatic heterocycles. The molecule has 1 aromatic rings. The summed E-state index contributed by atoms with van der Waals surface area (Å²) in [7, 11) is 0. The number of halogens is 3. The number of rotatable bonds is 7. The summed E-state index contributed by atoms with van der Waals surface area (Å²) in [5.74, 6) is 0.537. The molecule has 1 aromatic carbocycles. The molecule has 0 saturated carbocycles. The highest BCUT2D eigenvalue weighted by atomic mass is 79.9. The Morgan fingerprint density at radius 1 is 1.27 bits per heavy atom. The Balaban J connectivity index is 2.28. The van der Waals surface area contributed by atoms with Crippen molar-refractivity contribution in [3.8, 4) is 0 Å². The number of anilines is 1. The summed E-state index contributed by atoms with van der Waals surface area (Å²) in [6.07, 6.45) is 1.70. The van der Waals surface area contributed by atoms with Crippen LogP contribution in [0.4, 0.5) is 5.69 Å². The molecule has 9 heteroatoms. The Morgan fingerprint density at radius 2 is 1.88 bits per heavy atom. The van der Waals surface area contributed by atoms with Crippen molar-refractivity contribution in [2.75, 3.05) is 36.8 Å². The standard InChI is InChI=1S/C17H18BrCl2N3O2S/c1-2-12-26-17(15(23(24)25)14(19)16(18)20)22-10-8-21(9-11-22)13-6-4-3-5-7-13/h2-7H,1,8-12H2. The van der Waals surface area contributed by atoms with E-state index < -0.39 is 4.92 Å². The van der Waals surface area contributed by atoms with E-state index in [1.54, 1.807) is 6.08 Å². The van der Waals surface area contributed by atoms with Crippen molar-refractivity contribution in [3.05, 3.63) is 72.8 Å². The zero-order valence-corrected chi connectivity index (χ0v) is 17.8. The second-order valence-corrected chi connectivity index (χ2v) is 8.41. The summed E-state index contributed by atoms with van der Waals surface area (Å²) < 4.78 is 0.0190. The lowest BCUT2D eigenvalue weighted by Gasteiger charge is -2.37. The Labute approximate surface area is 175 Å². The van der Waals surface area contributed by atoms with E-state index in [1.165, 1.54) is 11.8 Å². The van der Waals surface area contributed by atoms with Gasteiger partial charge in [0.25, 0.3) is 0 Å². The van der Waals surface area contributed by atoms with Crippen LogP contribution >= 0.6 is 50.9 Å². The molecule has 0 amide bonds. The van der Waals surface area contributed by atoms with Crippen molar-refractivity contribution in [2.45, 2.75) is 0 Å². The van der Waals surface area contributed by atoms with Crippen LogP contribution in [-0.4, -0.2) is 41.8 Å². The van der Waals surface area contributed by atoms with Gasteiger partial charge in [0.15, 0.2) is 5.03 Å². The van der Waals surface area contributed by atoms with Crippen LogP contribution in [0.25, 0.3) is 0 Å². The van der Waals surface area contributed by atoms with E-state index in [2.05, 4.69) is 39.5 Å². The maximum absolute atomic E-state index is 11.7. The molecule has 0 N–H and O–H groups in total. The molecule has 140 valence electrons. The fourth-order valence-corrected chi connectivity index (χ4v) is 4.04. The third kappa shape index (κ3) is 5.42. The minimum Gasteiger partial charge on any atom is -0.368 e. The fourth-order valence-electron chi connectivity index (χ4n) is 2.60. The van der Waals surface area contributed by atoms with Crippen LogP contribution in [0.1, 0.15) is 0 Å². The number of thioether (sulfide) groups is 1. The average Bonchev–Trinajstić information content (AvgIpc) is 2.65. The highest BCUT2D eigenvalue weighted by Crippen LogP contribution is 2.35. The maximum atomic E-state index is 11.7. The number of piperazine rings is 1. The molecule has 0 bridgehead atoms. The third-order valence-corrected chi connectivity index (χ3v) is 6.19. The van der Waals surface area contributed by atoms with E-state index in [4.69, 9.17) is 23.2 Å². The summed E-state index contributed by atoms with van der Waals surface area (Å²) in [6, 6.07) is 10.1. The zero-order valence-electron chi connectivity index (χ0n) is 13.9. The van der Waals surface area contributed by atoms with Crippen molar-refractivity contribution >= 4 is 56.6 Å².